The van der Waals surface area contributed by atoms with E-state index in [1.54, 1.807) is 50.2 Å². The Morgan fingerprint density at radius 1 is 1.12 bits per heavy atom. The van der Waals surface area contributed by atoms with Crippen molar-refractivity contribution >= 4 is 27.6 Å². The lowest BCUT2D eigenvalue weighted by Crippen LogP contribution is -2.43. The molecule has 0 bridgehead atoms. The number of hydrogen-bond donors (Lipinski definition) is 1. The Morgan fingerprint density at radius 2 is 1.81 bits per heavy atom. The van der Waals surface area contributed by atoms with Crippen LogP contribution in [0.25, 0.3) is 0 Å². The predicted molar refractivity (Wildman–Crippen MR) is 120 cm³/mol. The molecule has 0 radical (unpaired) electrons. The number of aliphatic hydroxyl groups excluding tert-OH is 1. The van der Waals surface area contributed by atoms with Crippen LogP contribution in [0.1, 0.15) is 24.5 Å². The second-order valence-corrected chi connectivity index (χ2v) is 9.70. The molecule has 9 heteroatoms. The number of ether oxygens (including phenoxy) is 1. The third-order valence-electron chi connectivity index (χ3n) is 5.61. The summed E-state index contributed by atoms with van der Waals surface area (Å²) in [6.45, 7) is 5.13. The third-order valence-corrected chi connectivity index (χ3v) is 7.48. The van der Waals surface area contributed by atoms with E-state index in [4.69, 9.17) is 4.74 Å². The topological polar surface area (TPSA) is 104 Å². The second kappa shape index (κ2) is 9.81. The minimum absolute atomic E-state index is 0.0461. The average Bonchev–Trinajstić information content (AvgIpc) is 3.18. The number of sulfonamides is 1. The van der Waals surface area contributed by atoms with Gasteiger partial charge in [0.1, 0.15) is 6.04 Å². The highest BCUT2D eigenvalue weighted by Crippen LogP contribution is 2.28. The Bertz CT molecular complexity index is 1090. The quantitative estimate of drug-likeness (QED) is 0.634. The molecule has 1 amide bonds. The molecule has 1 heterocycles. The zero-order valence-corrected chi connectivity index (χ0v) is 19.2. The molecule has 2 aromatic rings. The van der Waals surface area contributed by atoms with E-state index in [-0.39, 0.29) is 17.9 Å². The van der Waals surface area contributed by atoms with Gasteiger partial charge in [-0.25, -0.2) is 8.42 Å². The number of benzene rings is 2. The molecule has 8 nitrogen and oxygen atoms in total. The summed E-state index contributed by atoms with van der Waals surface area (Å²) in [6, 6.07) is 12.5. The van der Waals surface area contributed by atoms with Gasteiger partial charge in [0.25, 0.3) is 5.91 Å². The normalized spacial score (nSPS) is 19.0. The van der Waals surface area contributed by atoms with Crippen molar-refractivity contribution in [1.82, 2.24) is 4.31 Å². The molecule has 2 unspecified atom stereocenters. The number of anilines is 1. The molecule has 1 fully saturated rings. The van der Waals surface area contributed by atoms with Gasteiger partial charge in [-0.15, -0.1) is 0 Å². The Hall–Kier alpha value is -2.75. The Labute approximate surface area is 188 Å². The molecule has 3 rings (SSSR count). The summed E-state index contributed by atoms with van der Waals surface area (Å²) in [6.07, 6.45) is -1.09. The maximum Gasteiger partial charge on any atom is 0.325 e. The number of likely N-dealkylation sites (N-methyl/N-ethyl adjacent to an activating group) is 1. The first-order chi connectivity index (χ1) is 15.1. The van der Waals surface area contributed by atoms with Crippen LogP contribution < -0.4 is 4.90 Å². The molecular formula is C23H28N2O6S. The van der Waals surface area contributed by atoms with Crippen molar-refractivity contribution in [2.75, 3.05) is 24.6 Å². The Kier molecular flexibility index (Phi) is 7.33. The number of aliphatic hydroxyl groups is 1. The fraction of sp³-hybridized carbons (Fsp3) is 0.391. The van der Waals surface area contributed by atoms with Crippen LogP contribution in [0.5, 0.6) is 0 Å². The number of nitrogens with zero attached hydrogens (tertiary/aromatic N) is 2. The van der Waals surface area contributed by atoms with Crippen molar-refractivity contribution in [1.29, 1.82) is 0 Å². The minimum atomic E-state index is -4.03. The van der Waals surface area contributed by atoms with Gasteiger partial charge >= 0.3 is 5.97 Å². The SMILES string of the molecule is CCN(C(=O)COC(=O)C1CC(O)CN1S(=O)(=O)c1ccc(C)c(C)c1)c1ccccc1. The zero-order valence-electron chi connectivity index (χ0n) is 18.4. The number of esters is 1. The highest BCUT2D eigenvalue weighted by atomic mass is 32.2. The summed E-state index contributed by atoms with van der Waals surface area (Å²) in [5.41, 5.74) is 2.42. The number of amides is 1. The maximum absolute atomic E-state index is 13.2. The van der Waals surface area contributed by atoms with E-state index >= 15 is 0 Å². The van der Waals surface area contributed by atoms with E-state index in [1.807, 2.05) is 13.0 Å². The molecule has 172 valence electrons. The fourth-order valence-corrected chi connectivity index (χ4v) is 5.40. The van der Waals surface area contributed by atoms with E-state index in [2.05, 4.69) is 0 Å². The average molecular weight is 461 g/mol. The lowest BCUT2D eigenvalue weighted by atomic mass is 10.1. The van der Waals surface area contributed by atoms with E-state index in [9.17, 15) is 23.1 Å². The summed E-state index contributed by atoms with van der Waals surface area (Å²) in [5.74, 6) is -1.28. The fourth-order valence-electron chi connectivity index (χ4n) is 3.69. The van der Waals surface area contributed by atoms with E-state index < -0.39 is 40.7 Å². The molecule has 0 saturated carbocycles. The molecule has 1 N–H and O–H groups in total. The Balaban J connectivity index is 1.73. The van der Waals surface area contributed by atoms with E-state index in [0.717, 1.165) is 15.4 Å². The standard InChI is InChI=1S/C23H28N2O6S/c1-4-24(18-8-6-5-7-9-18)22(27)15-31-23(28)21-13-19(26)14-25(21)32(29,30)20-11-10-16(2)17(3)12-20/h5-12,19,21,26H,4,13-15H2,1-3H3. The lowest BCUT2D eigenvalue weighted by Gasteiger charge is -2.24. The van der Waals surface area contributed by atoms with Crippen molar-refractivity contribution in [3.8, 4) is 0 Å². The van der Waals surface area contributed by atoms with Crippen molar-refractivity contribution in [3.05, 3.63) is 59.7 Å². The van der Waals surface area contributed by atoms with Crippen molar-refractivity contribution < 1.29 is 27.9 Å². The summed E-state index contributed by atoms with van der Waals surface area (Å²) in [7, 11) is -4.03. The van der Waals surface area contributed by atoms with Crippen LogP contribution in [0.15, 0.2) is 53.4 Å². The maximum atomic E-state index is 13.2. The van der Waals surface area contributed by atoms with Crippen LogP contribution in [0, 0.1) is 13.8 Å². The number of para-hydroxylation sites is 1. The van der Waals surface area contributed by atoms with Crippen LogP contribution in [0.2, 0.25) is 0 Å². The predicted octanol–water partition coefficient (Wildman–Crippen LogP) is 2.02. The van der Waals surface area contributed by atoms with Gasteiger partial charge in [-0.3, -0.25) is 9.59 Å². The molecule has 0 aliphatic carbocycles. The van der Waals surface area contributed by atoms with Gasteiger partial charge in [-0.2, -0.15) is 4.31 Å². The molecule has 1 saturated heterocycles. The van der Waals surface area contributed by atoms with E-state index in [0.29, 0.717) is 12.2 Å². The van der Waals surface area contributed by atoms with E-state index in [1.165, 1.54) is 11.0 Å². The van der Waals surface area contributed by atoms with Crippen molar-refractivity contribution in [2.24, 2.45) is 0 Å². The number of aryl methyl sites for hydroxylation is 2. The van der Waals surface area contributed by atoms with Gasteiger partial charge in [-0.05, 0) is 56.2 Å². The first-order valence-electron chi connectivity index (χ1n) is 10.4. The van der Waals surface area contributed by atoms with Crippen LogP contribution in [-0.2, 0) is 24.3 Å². The Morgan fingerprint density at radius 3 is 2.44 bits per heavy atom. The van der Waals surface area contributed by atoms with Gasteiger partial charge in [0.15, 0.2) is 6.61 Å². The van der Waals surface area contributed by atoms with Crippen LogP contribution in [0.4, 0.5) is 5.69 Å². The molecule has 1 aliphatic rings. The van der Waals surface area contributed by atoms with Gasteiger partial charge in [0.05, 0.1) is 11.0 Å². The molecule has 0 aromatic heterocycles. The number of rotatable bonds is 7. The zero-order chi connectivity index (χ0) is 23.5. The molecule has 32 heavy (non-hydrogen) atoms. The van der Waals surface area contributed by atoms with Gasteiger partial charge in [-0.1, -0.05) is 24.3 Å². The molecule has 2 atom stereocenters. The number of hydrogen-bond acceptors (Lipinski definition) is 6. The summed E-state index contributed by atoms with van der Waals surface area (Å²) < 4.78 is 32.5. The number of β-amino-alcohol motifs (C(OH)–C–C–N with tert-alkyl or cyclic N) is 1. The third kappa shape index (κ3) is 5.01. The summed E-state index contributed by atoms with van der Waals surface area (Å²) >= 11 is 0. The summed E-state index contributed by atoms with van der Waals surface area (Å²) in [5, 5.41) is 10.1. The minimum Gasteiger partial charge on any atom is -0.454 e. The molecule has 1 aliphatic heterocycles. The largest absolute Gasteiger partial charge is 0.454 e. The van der Waals surface area contributed by atoms with Gasteiger partial charge in [0.2, 0.25) is 10.0 Å². The monoisotopic (exact) mass is 460 g/mol. The van der Waals surface area contributed by atoms with Crippen LogP contribution in [-0.4, -0.2) is 61.5 Å². The second-order valence-electron chi connectivity index (χ2n) is 7.81. The van der Waals surface area contributed by atoms with Crippen LogP contribution >= 0.6 is 0 Å². The molecule has 0 spiro atoms. The highest BCUT2D eigenvalue weighted by molar-refractivity contribution is 7.89. The van der Waals surface area contributed by atoms with Crippen molar-refractivity contribution in [3.63, 3.8) is 0 Å². The number of carbonyl (C=O) groups is 2. The highest BCUT2D eigenvalue weighted by Gasteiger charge is 2.44. The lowest BCUT2D eigenvalue weighted by molar-refractivity contribution is -0.151. The molecule has 2 aromatic carbocycles. The van der Waals surface area contributed by atoms with Crippen LogP contribution in [0.3, 0.4) is 0 Å². The first kappa shape index (κ1) is 23.9. The molecular weight excluding hydrogens is 432 g/mol. The number of carbonyl (C=O) groups excluding carboxylic acids is 2. The summed E-state index contributed by atoms with van der Waals surface area (Å²) in [4.78, 5) is 26.9. The van der Waals surface area contributed by atoms with Crippen molar-refractivity contribution in [2.45, 2.75) is 44.2 Å². The van der Waals surface area contributed by atoms with Gasteiger partial charge in [0, 0.05) is 25.2 Å². The van der Waals surface area contributed by atoms with Gasteiger partial charge < -0.3 is 14.7 Å². The first-order valence-corrected chi connectivity index (χ1v) is 11.9. The smallest absolute Gasteiger partial charge is 0.325 e.